The van der Waals surface area contributed by atoms with Crippen LogP contribution in [0, 0.1) is 11.8 Å². The molecule has 8 nitrogen and oxygen atoms in total. The van der Waals surface area contributed by atoms with E-state index in [1.165, 1.54) is 23.2 Å². The molecule has 0 spiro atoms. The highest BCUT2D eigenvalue weighted by atomic mass is 32.1. The number of thiazole rings is 1. The van der Waals surface area contributed by atoms with E-state index in [0.29, 0.717) is 48.2 Å². The molecule has 1 aromatic carbocycles. The topological polar surface area (TPSA) is 89.0 Å². The molecule has 0 N–H and O–H groups in total. The first-order valence-electron chi connectivity index (χ1n) is 10.8. The van der Waals surface area contributed by atoms with Crippen LogP contribution in [0.3, 0.4) is 0 Å². The van der Waals surface area contributed by atoms with Crippen LogP contribution in [0.1, 0.15) is 38.3 Å². The minimum absolute atomic E-state index is 0.0498. The maximum Gasteiger partial charge on any atom is 0.309 e. The third-order valence-corrected chi connectivity index (χ3v) is 6.68. The number of likely N-dealkylation sites (tertiary alicyclic amines) is 1. The second-order valence-electron chi connectivity index (χ2n) is 8.13. The number of carbonyl (C=O) groups excluding carboxylic acids is 3. The predicted octanol–water partition coefficient (Wildman–Crippen LogP) is 3.53. The van der Waals surface area contributed by atoms with Gasteiger partial charge in [-0.05, 0) is 37.8 Å². The first-order valence-corrected chi connectivity index (χ1v) is 11.7. The Kier molecular flexibility index (Phi) is 6.74. The lowest BCUT2D eigenvalue weighted by Gasteiger charge is -2.31. The van der Waals surface area contributed by atoms with Gasteiger partial charge in [0.25, 0.3) is 0 Å². The molecule has 9 heteroatoms. The van der Waals surface area contributed by atoms with E-state index >= 15 is 0 Å². The SMILES string of the molecule is COc1ccccc1N(C(C)=O)c1nc(COC(=O)C2CCN(C(=O)C3CC3)CC2)cs1. The Morgan fingerprint density at radius 1 is 1.12 bits per heavy atom. The smallest absolute Gasteiger partial charge is 0.309 e. The van der Waals surface area contributed by atoms with Gasteiger partial charge in [-0.2, -0.15) is 0 Å². The highest BCUT2D eigenvalue weighted by molar-refractivity contribution is 7.14. The van der Waals surface area contributed by atoms with Gasteiger partial charge < -0.3 is 14.4 Å². The number of esters is 1. The summed E-state index contributed by atoms with van der Waals surface area (Å²) in [5, 5.41) is 2.27. The number of anilines is 2. The van der Waals surface area contributed by atoms with Crippen LogP contribution >= 0.6 is 11.3 Å². The maximum absolute atomic E-state index is 12.5. The van der Waals surface area contributed by atoms with Gasteiger partial charge in [-0.1, -0.05) is 12.1 Å². The summed E-state index contributed by atoms with van der Waals surface area (Å²) in [5.74, 6) is 0.363. The fourth-order valence-electron chi connectivity index (χ4n) is 3.87. The number of hydrogen-bond donors (Lipinski definition) is 0. The molecule has 1 aliphatic heterocycles. The zero-order valence-corrected chi connectivity index (χ0v) is 19.1. The van der Waals surface area contributed by atoms with Gasteiger partial charge >= 0.3 is 5.97 Å². The van der Waals surface area contributed by atoms with Crippen LogP contribution in [0.4, 0.5) is 10.8 Å². The zero-order valence-electron chi connectivity index (χ0n) is 18.3. The van der Waals surface area contributed by atoms with Crippen molar-refractivity contribution in [3.63, 3.8) is 0 Å². The van der Waals surface area contributed by atoms with Gasteiger partial charge in [-0.3, -0.25) is 19.3 Å². The molecule has 2 heterocycles. The fourth-order valence-corrected chi connectivity index (χ4v) is 4.74. The first-order chi connectivity index (χ1) is 15.5. The van der Waals surface area contributed by atoms with Gasteiger partial charge in [0.05, 0.1) is 24.4 Å². The monoisotopic (exact) mass is 457 g/mol. The highest BCUT2D eigenvalue weighted by Crippen LogP contribution is 2.36. The lowest BCUT2D eigenvalue weighted by Crippen LogP contribution is -2.41. The molecular formula is C23H27N3O5S. The Bertz CT molecular complexity index is 995. The van der Waals surface area contributed by atoms with Gasteiger partial charge in [0, 0.05) is 31.3 Å². The number of benzene rings is 1. The summed E-state index contributed by atoms with van der Waals surface area (Å²) in [6, 6.07) is 7.24. The normalized spacial score (nSPS) is 16.5. The van der Waals surface area contributed by atoms with Crippen molar-refractivity contribution in [3.05, 3.63) is 35.3 Å². The Morgan fingerprint density at radius 2 is 1.84 bits per heavy atom. The molecule has 2 aromatic rings. The highest BCUT2D eigenvalue weighted by Gasteiger charge is 2.36. The molecule has 1 aromatic heterocycles. The van der Waals surface area contributed by atoms with Gasteiger partial charge in [0.2, 0.25) is 11.8 Å². The number of nitrogens with zero attached hydrogens (tertiary/aromatic N) is 3. The average molecular weight is 458 g/mol. The maximum atomic E-state index is 12.5. The number of rotatable bonds is 7. The quantitative estimate of drug-likeness (QED) is 0.591. The molecule has 0 bridgehead atoms. The van der Waals surface area contributed by atoms with Crippen LogP contribution in [0.25, 0.3) is 0 Å². The van der Waals surface area contributed by atoms with Crippen LogP contribution in [0.5, 0.6) is 5.75 Å². The van der Waals surface area contributed by atoms with Gasteiger partial charge in [0.1, 0.15) is 12.4 Å². The summed E-state index contributed by atoms with van der Waals surface area (Å²) < 4.78 is 10.9. The summed E-state index contributed by atoms with van der Waals surface area (Å²) in [4.78, 5) is 44.9. The Morgan fingerprint density at radius 3 is 2.50 bits per heavy atom. The van der Waals surface area contributed by atoms with Crippen molar-refractivity contribution in [3.8, 4) is 5.75 Å². The van der Waals surface area contributed by atoms with E-state index in [2.05, 4.69) is 4.98 Å². The lowest BCUT2D eigenvalue weighted by atomic mass is 9.97. The van der Waals surface area contributed by atoms with Crippen molar-refractivity contribution in [1.82, 2.24) is 9.88 Å². The second-order valence-corrected chi connectivity index (χ2v) is 8.97. The predicted molar refractivity (Wildman–Crippen MR) is 120 cm³/mol. The lowest BCUT2D eigenvalue weighted by molar-refractivity contribution is -0.153. The van der Waals surface area contributed by atoms with Gasteiger partial charge in [-0.15, -0.1) is 11.3 Å². The van der Waals surface area contributed by atoms with E-state index in [4.69, 9.17) is 9.47 Å². The number of carbonyl (C=O) groups is 3. The summed E-state index contributed by atoms with van der Waals surface area (Å²) in [5.41, 5.74) is 1.19. The van der Waals surface area contributed by atoms with Gasteiger partial charge in [-0.25, -0.2) is 4.98 Å². The number of methoxy groups -OCH3 is 1. The molecule has 1 saturated carbocycles. The molecule has 2 fully saturated rings. The number of aromatic nitrogens is 1. The van der Waals surface area contributed by atoms with E-state index < -0.39 is 0 Å². The molecule has 1 saturated heterocycles. The molecule has 2 aliphatic rings. The Labute approximate surface area is 191 Å². The van der Waals surface area contributed by atoms with Crippen molar-refractivity contribution in [2.24, 2.45) is 11.8 Å². The van der Waals surface area contributed by atoms with Crippen molar-refractivity contribution < 1.29 is 23.9 Å². The second kappa shape index (κ2) is 9.68. The Balaban J connectivity index is 1.34. The van der Waals surface area contributed by atoms with E-state index in [9.17, 15) is 14.4 Å². The van der Waals surface area contributed by atoms with Crippen LogP contribution in [0.2, 0.25) is 0 Å². The summed E-state index contributed by atoms with van der Waals surface area (Å²) in [6.45, 7) is 2.74. The molecule has 170 valence electrons. The van der Waals surface area contributed by atoms with E-state index in [0.717, 1.165) is 12.8 Å². The van der Waals surface area contributed by atoms with Crippen LogP contribution in [-0.4, -0.2) is 47.9 Å². The molecule has 0 atom stereocenters. The summed E-state index contributed by atoms with van der Waals surface area (Å²) >= 11 is 1.30. The average Bonchev–Trinajstić information content (AvgIpc) is 3.56. The van der Waals surface area contributed by atoms with Crippen LogP contribution < -0.4 is 9.64 Å². The number of ether oxygens (including phenoxy) is 2. The standard InChI is InChI=1S/C23H27N3O5S/c1-15(27)26(19-5-3-4-6-20(19)30-2)23-24-18(14-32-23)13-31-22(29)17-9-11-25(12-10-17)21(28)16-7-8-16/h3-6,14,16-17H,7-13H2,1-2H3. The molecule has 32 heavy (non-hydrogen) atoms. The van der Waals surface area contributed by atoms with Crippen molar-refractivity contribution in [2.75, 3.05) is 25.1 Å². The minimum Gasteiger partial charge on any atom is -0.495 e. The van der Waals surface area contributed by atoms with Crippen molar-refractivity contribution in [2.45, 2.75) is 39.2 Å². The number of para-hydroxylation sites is 2. The fraction of sp³-hybridized carbons (Fsp3) is 0.478. The molecule has 0 unspecified atom stereocenters. The molecule has 2 amide bonds. The number of amides is 2. The zero-order chi connectivity index (χ0) is 22.7. The summed E-state index contributed by atoms with van der Waals surface area (Å²) in [7, 11) is 1.55. The Hall–Kier alpha value is -2.94. The molecule has 4 rings (SSSR count). The van der Waals surface area contributed by atoms with E-state index in [1.54, 1.807) is 24.6 Å². The number of hydrogen-bond acceptors (Lipinski definition) is 7. The van der Waals surface area contributed by atoms with Crippen LogP contribution in [-0.2, 0) is 25.7 Å². The minimum atomic E-state index is -0.258. The molecule has 1 aliphatic carbocycles. The van der Waals surface area contributed by atoms with Crippen LogP contribution in [0.15, 0.2) is 29.6 Å². The van der Waals surface area contributed by atoms with Crippen molar-refractivity contribution >= 4 is 39.9 Å². The van der Waals surface area contributed by atoms with Gasteiger partial charge in [0.15, 0.2) is 5.13 Å². The first kappa shape index (κ1) is 22.3. The molecular weight excluding hydrogens is 430 g/mol. The third-order valence-electron chi connectivity index (χ3n) is 5.80. The largest absolute Gasteiger partial charge is 0.495 e. The van der Waals surface area contributed by atoms with E-state index in [1.807, 2.05) is 17.0 Å². The summed E-state index contributed by atoms with van der Waals surface area (Å²) in [6.07, 6.45) is 3.25. The molecule has 0 radical (unpaired) electrons. The number of piperidine rings is 1. The van der Waals surface area contributed by atoms with E-state index in [-0.39, 0.29) is 36.2 Å². The third kappa shape index (κ3) is 4.93. The van der Waals surface area contributed by atoms with Crippen molar-refractivity contribution in [1.29, 1.82) is 0 Å².